The van der Waals surface area contributed by atoms with Gasteiger partial charge < -0.3 is 5.73 Å². The zero-order valence-corrected chi connectivity index (χ0v) is 10.0. The molecule has 1 aromatic rings. The zero-order valence-electron chi connectivity index (χ0n) is 9.22. The second-order valence-corrected chi connectivity index (χ2v) is 6.84. The third-order valence-corrected chi connectivity index (χ3v) is 4.89. The quantitative estimate of drug-likeness (QED) is 0.798. The van der Waals surface area contributed by atoms with E-state index < -0.39 is 9.84 Å². The van der Waals surface area contributed by atoms with Crippen molar-refractivity contribution >= 4 is 15.5 Å². The number of nitrogens with two attached hydrogens (primary N) is 1. The standard InChI is InChI=1S/C12H17NO2S/c13-12-3-1-10(2-4-12)9-11-5-7-16(14,15)8-6-11/h1-4,11H,5-9,13H2. The number of hydrogen-bond acceptors (Lipinski definition) is 3. The monoisotopic (exact) mass is 239 g/mol. The molecule has 2 rings (SSSR count). The molecule has 16 heavy (non-hydrogen) atoms. The van der Waals surface area contributed by atoms with Crippen LogP contribution in [0.25, 0.3) is 0 Å². The van der Waals surface area contributed by atoms with Crippen molar-refractivity contribution in [2.24, 2.45) is 5.92 Å². The second-order valence-electron chi connectivity index (χ2n) is 4.54. The van der Waals surface area contributed by atoms with Gasteiger partial charge in [0.25, 0.3) is 0 Å². The van der Waals surface area contributed by atoms with Crippen molar-refractivity contribution in [1.82, 2.24) is 0 Å². The molecule has 4 heteroatoms. The molecule has 0 aromatic heterocycles. The smallest absolute Gasteiger partial charge is 0.150 e. The van der Waals surface area contributed by atoms with E-state index in [2.05, 4.69) is 0 Å². The van der Waals surface area contributed by atoms with E-state index in [1.165, 1.54) is 5.56 Å². The Morgan fingerprint density at radius 3 is 2.25 bits per heavy atom. The van der Waals surface area contributed by atoms with Crippen molar-refractivity contribution in [1.29, 1.82) is 0 Å². The first-order chi connectivity index (χ1) is 7.55. The molecule has 0 spiro atoms. The molecule has 1 aliphatic rings. The van der Waals surface area contributed by atoms with Crippen molar-refractivity contribution in [2.45, 2.75) is 19.3 Å². The van der Waals surface area contributed by atoms with Crippen LogP contribution in [0.15, 0.2) is 24.3 Å². The van der Waals surface area contributed by atoms with Gasteiger partial charge in [-0.1, -0.05) is 12.1 Å². The molecular weight excluding hydrogens is 222 g/mol. The summed E-state index contributed by atoms with van der Waals surface area (Å²) < 4.78 is 22.6. The Labute approximate surface area is 96.6 Å². The summed E-state index contributed by atoms with van der Waals surface area (Å²) in [6.07, 6.45) is 2.56. The number of sulfone groups is 1. The highest BCUT2D eigenvalue weighted by molar-refractivity contribution is 7.91. The Morgan fingerprint density at radius 2 is 1.69 bits per heavy atom. The van der Waals surface area contributed by atoms with Crippen LogP contribution >= 0.6 is 0 Å². The molecule has 0 radical (unpaired) electrons. The highest BCUT2D eigenvalue weighted by atomic mass is 32.2. The Bertz CT molecular complexity index is 436. The Morgan fingerprint density at radius 1 is 1.12 bits per heavy atom. The summed E-state index contributed by atoms with van der Waals surface area (Å²) in [5.41, 5.74) is 7.64. The zero-order chi connectivity index (χ0) is 11.6. The molecule has 1 aliphatic heterocycles. The summed E-state index contributed by atoms with van der Waals surface area (Å²) in [6, 6.07) is 7.85. The summed E-state index contributed by atoms with van der Waals surface area (Å²) in [6.45, 7) is 0. The highest BCUT2D eigenvalue weighted by Crippen LogP contribution is 2.23. The fraction of sp³-hybridized carbons (Fsp3) is 0.500. The third-order valence-electron chi connectivity index (χ3n) is 3.18. The van der Waals surface area contributed by atoms with Crippen LogP contribution in [-0.4, -0.2) is 19.9 Å². The molecule has 0 aliphatic carbocycles. The van der Waals surface area contributed by atoms with E-state index in [0.717, 1.165) is 24.9 Å². The van der Waals surface area contributed by atoms with E-state index in [0.29, 0.717) is 17.4 Å². The lowest BCUT2D eigenvalue weighted by atomic mass is 9.94. The van der Waals surface area contributed by atoms with E-state index in [9.17, 15) is 8.42 Å². The highest BCUT2D eigenvalue weighted by Gasteiger charge is 2.23. The first kappa shape index (κ1) is 11.5. The summed E-state index contributed by atoms with van der Waals surface area (Å²) in [5, 5.41) is 0. The van der Waals surface area contributed by atoms with Crippen molar-refractivity contribution in [3.05, 3.63) is 29.8 Å². The number of rotatable bonds is 2. The molecule has 1 saturated heterocycles. The molecule has 1 aromatic carbocycles. The fourth-order valence-electron chi connectivity index (χ4n) is 2.13. The minimum atomic E-state index is -2.73. The largest absolute Gasteiger partial charge is 0.399 e. The molecular formula is C12H17NO2S. The van der Waals surface area contributed by atoms with Crippen LogP contribution in [0.3, 0.4) is 0 Å². The van der Waals surface area contributed by atoms with E-state index in [4.69, 9.17) is 5.73 Å². The lowest BCUT2D eigenvalue weighted by molar-refractivity contribution is 0.463. The van der Waals surface area contributed by atoms with Crippen LogP contribution in [0.4, 0.5) is 5.69 Å². The number of nitrogen functional groups attached to an aromatic ring is 1. The Kier molecular flexibility index (Phi) is 3.19. The fourth-order valence-corrected chi connectivity index (χ4v) is 3.72. The van der Waals surface area contributed by atoms with E-state index in [1.807, 2.05) is 24.3 Å². The van der Waals surface area contributed by atoms with Crippen LogP contribution in [0, 0.1) is 5.92 Å². The number of benzene rings is 1. The SMILES string of the molecule is Nc1ccc(CC2CCS(=O)(=O)CC2)cc1. The van der Waals surface area contributed by atoms with Gasteiger partial charge >= 0.3 is 0 Å². The van der Waals surface area contributed by atoms with Gasteiger partial charge in [-0.25, -0.2) is 8.42 Å². The average Bonchev–Trinajstić information content (AvgIpc) is 2.24. The van der Waals surface area contributed by atoms with Gasteiger partial charge in [-0.3, -0.25) is 0 Å². The van der Waals surface area contributed by atoms with Crippen molar-refractivity contribution in [3.8, 4) is 0 Å². The summed E-state index contributed by atoms with van der Waals surface area (Å²) in [7, 11) is -2.73. The first-order valence-electron chi connectivity index (χ1n) is 5.60. The molecule has 0 amide bonds. The van der Waals surface area contributed by atoms with E-state index >= 15 is 0 Å². The predicted octanol–water partition coefficient (Wildman–Crippen LogP) is 1.64. The van der Waals surface area contributed by atoms with Gasteiger partial charge in [-0.15, -0.1) is 0 Å². The van der Waals surface area contributed by atoms with Crippen molar-refractivity contribution in [3.63, 3.8) is 0 Å². The van der Waals surface area contributed by atoms with Crippen LogP contribution < -0.4 is 5.73 Å². The predicted molar refractivity (Wildman–Crippen MR) is 65.9 cm³/mol. The van der Waals surface area contributed by atoms with Gasteiger partial charge in [0.05, 0.1) is 11.5 Å². The van der Waals surface area contributed by atoms with Gasteiger partial charge in [0.2, 0.25) is 0 Å². The molecule has 0 bridgehead atoms. The minimum absolute atomic E-state index is 0.354. The molecule has 1 heterocycles. The van der Waals surface area contributed by atoms with Crippen molar-refractivity contribution in [2.75, 3.05) is 17.2 Å². The maximum Gasteiger partial charge on any atom is 0.150 e. The average molecular weight is 239 g/mol. The minimum Gasteiger partial charge on any atom is -0.399 e. The molecule has 0 unspecified atom stereocenters. The topological polar surface area (TPSA) is 60.2 Å². The number of anilines is 1. The molecule has 2 N–H and O–H groups in total. The number of hydrogen-bond donors (Lipinski definition) is 1. The second kappa shape index (κ2) is 4.45. The molecule has 0 saturated carbocycles. The van der Waals surface area contributed by atoms with Gasteiger partial charge in [-0.05, 0) is 42.9 Å². The van der Waals surface area contributed by atoms with Crippen molar-refractivity contribution < 1.29 is 8.42 Å². The van der Waals surface area contributed by atoms with Crippen LogP contribution in [-0.2, 0) is 16.3 Å². The molecule has 0 atom stereocenters. The van der Waals surface area contributed by atoms with Gasteiger partial charge in [0.1, 0.15) is 9.84 Å². The third kappa shape index (κ3) is 2.98. The van der Waals surface area contributed by atoms with Crippen LogP contribution in [0.1, 0.15) is 18.4 Å². The van der Waals surface area contributed by atoms with E-state index in [1.54, 1.807) is 0 Å². The Hall–Kier alpha value is -1.03. The van der Waals surface area contributed by atoms with E-state index in [-0.39, 0.29) is 0 Å². The summed E-state index contributed by atoms with van der Waals surface area (Å²) in [5.74, 6) is 1.21. The lowest BCUT2D eigenvalue weighted by Crippen LogP contribution is -2.24. The Balaban J connectivity index is 1.94. The molecule has 1 fully saturated rings. The van der Waals surface area contributed by atoms with Gasteiger partial charge in [0.15, 0.2) is 0 Å². The van der Waals surface area contributed by atoms with Gasteiger partial charge in [-0.2, -0.15) is 0 Å². The lowest BCUT2D eigenvalue weighted by Gasteiger charge is -2.21. The van der Waals surface area contributed by atoms with Gasteiger partial charge in [0, 0.05) is 5.69 Å². The molecule has 88 valence electrons. The summed E-state index contributed by atoms with van der Waals surface area (Å²) in [4.78, 5) is 0. The maximum absolute atomic E-state index is 11.3. The normalized spacial score (nSPS) is 20.8. The summed E-state index contributed by atoms with van der Waals surface area (Å²) >= 11 is 0. The first-order valence-corrected chi connectivity index (χ1v) is 7.42. The molecule has 3 nitrogen and oxygen atoms in total. The van der Waals surface area contributed by atoms with Crippen LogP contribution in [0.5, 0.6) is 0 Å². The maximum atomic E-state index is 11.3. The van der Waals surface area contributed by atoms with Crippen LogP contribution in [0.2, 0.25) is 0 Å².